The average Bonchev–Trinajstić information content (AvgIpc) is 2.63. The van der Waals surface area contributed by atoms with Gasteiger partial charge in [-0.05, 0) is 19.1 Å². The lowest BCUT2D eigenvalue weighted by Crippen LogP contribution is -2.18. The molecule has 2 heterocycles. The summed E-state index contributed by atoms with van der Waals surface area (Å²) in [5.74, 6) is 3.40. The fourth-order valence-electron chi connectivity index (χ4n) is 1.33. The lowest BCUT2D eigenvalue weighted by atomic mass is 10.3. The van der Waals surface area contributed by atoms with Gasteiger partial charge >= 0.3 is 0 Å². The Bertz CT molecular complexity index is 253. The fraction of sp³-hybridized carbons (Fsp3) is 0.625. The molecule has 0 spiro atoms. The third-order valence-electron chi connectivity index (χ3n) is 1.97. The summed E-state index contributed by atoms with van der Waals surface area (Å²) in [6.07, 6.45) is 3.11. The second-order valence-corrected chi connectivity index (χ2v) is 4.27. The van der Waals surface area contributed by atoms with Crippen molar-refractivity contribution in [3.8, 4) is 0 Å². The van der Waals surface area contributed by atoms with Crippen LogP contribution in [0.5, 0.6) is 0 Å². The minimum absolute atomic E-state index is 0.612. The van der Waals surface area contributed by atoms with E-state index in [1.165, 1.54) is 17.9 Å². The molecule has 1 aromatic heterocycles. The van der Waals surface area contributed by atoms with Crippen LogP contribution in [0.3, 0.4) is 0 Å². The maximum Gasteiger partial charge on any atom is 0.200 e. The van der Waals surface area contributed by atoms with Crippen LogP contribution in [0.15, 0.2) is 6.20 Å². The first kappa shape index (κ1) is 7.98. The topological polar surface area (TPSA) is 40.7 Å². The molecule has 1 aliphatic heterocycles. The van der Waals surface area contributed by atoms with Crippen LogP contribution >= 0.6 is 11.8 Å². The Balaban J connectivity index is 1.94. The van der Waals surface area contributed by atoms with E-state index in [1.54, 1.807) is 0 Å². The van der Waals surface area contributed by atoms with Gasteiger partial charge in [0, 0.05) is 23.7 Å². The molecular weight excluding hydrogens is 170 g/mol. The standard InChI is InChI=1S/C8H13N3S/c1-6-4-9-8(10-6)11-7-2-3-12-5-7/h4,7H,2-3,5H2,1H3,(H2,9,10,11). The highest BCUT2D eigenvalue weighted by Crippen LogP contribution is 2.19. The lowest BCUT2D eigenvalue weighted by molar-refractivity contribution is 0.802. The van der Waals surface area contributed by atoms with Gasteiger partial charge in [0.25, 0.3) is 0 Å². The normalized spacial score (nSPS) is 22.9. The molecule has 3 nitrogen and oxygen atoms in total. The number of thioether (sulfide) groups is 1. The zero-order valence-corrected chi connectivity index (χ0v) is 7.95. The lowest BCUT2D eigenvalue weighted by Gasteiger charge is -2.08. The Hall–Kier alpha value is -0.640. The van der Waals surface area contributed by atoms with Crippen LogP contribution in [0.2, 0.25) is 0 Å². The third kappa shape index (κ3) is 1.75. The number of nitrogens with zero attached hydrogens (tertiary/aromatic N) is 1. The van der Waals surface area contributed by atoms with Gasteiger partial charge < -0.3 is 10.3 Å². The molecular formula is C8H13N3S. The summed E-state index contributed by atoms with van der Waals surface area (Å²) in [6.45, 7) is 2.02. The molecule has 4 heteroatoms. The van der Waals surface area contributed by atoms with E-state index in [0.717, 1.165) is 11.6 Å². The molecule has 1 aromatic rings. The van der Waals surface area contributed by atoms with E-state index in [0.29, 0.717) is 6.04 Å². The fourth-order valence-corrected chi connectivity index (χ4v) is 2.48. The van der Waals surface area contributed by atoms with Crippen LogP contribution in [0.4, 0.5) is 5.95 Å². The number of aromatic nitrogens is 2. The van der Waals surface area contributed by atoms with E-state index >= 15 is 0 Å². The van der Waals surface area contributed by atoms with Crippen molar-refractivity contribution in [2.45, 2.75) is 19.4 Å². The Morgan fingerprint density at radius 2 is 2.67 bits per heavy atom. The van der Waals surface area contributed by atoms with E-state index < -0.39 is 0 Å². The van der Waals surface area contributed by atoms with E-state index in [-0.39, 0.29) is 0 Å². The van der Waals surface area contributed by atoms with Gasteiger partial charge in [0.15, 0.2) is 0 Å². The van der Waals surface area contributed by atoms with Crippen LogP contribution < -0.4 is 5.32 Å². The van der Waals surface area contributed by atoms with Crippen LogP contribution in [0.1, 0.15) is 12.1 Å². The van der Waals surface area contributed by atoms with Crippen molar-refractivity contribution in [3.63, 3.8) is 0 Å². The zero-order chi connectivity index (χ0) is 8.39. The highest BCUT2D eigenvalue weighted by molar-refractivity contribution is 7.99. The summed E-state index contributed by atoms with van der Waals surface area (Å²) in [6, 6.07) is 0.612. The number of imidazole rings is 1. The van der Waals surface area contributed by atoms with Crippen LogP contribution in [-0.4, -0.2) is 27.5 Å². The molecule has 1 fully saturated rings. The van der Waals surface area contributed by atoms with Gasteiger partial charge in [0.2, 0.25) is 5.95 Å². The van der Waals surface area contributed by atoms with E-state index in [2.05, 4.69) is 15.3 Å². The molecule has 0 aromatic carbocycles. The summed E-state index contributed by atoms with van der Waals surface area (Å²) in [7, 11) is 0. The van der Waals surface area contributed by atoms with Gasteiger partial charge in [-0.3, -0.25) is 0 Å². The van der Waals surface area contributed by atoms with Crippen molar-refractivity contribution < 1.29 is 0 Å². The highest BCUT2D eigenvalue weighted by Gasteiger charge is 2.15. The third-order valence-corrected chi connectivity index (χ3v) is 3.14. The highest BCUT2D eigenvalue weighted by atomic mass is 32.2. The van der Waals surface area contributed by atoms with Gasteiger partial charge in [-0.25, -0.2) is 4.98 Å². The van der Waals surface area contributed by atoms with Crippen molar-refractivity contribution in [2.75, 3.05) is 16.8 Å². The largest absolute Gasteiger partial charge is 0.352 e. The number of hydrogen-bond acceptors (Lipinski definition) is 3. The monoisotopic (exact) mass is 183 g/mol. The van der Waals surface area contributed by atoms with E-state index in [1.807, 2.05) is 24.9 Å². The minimum Gasteiger partial charge on any atom is -0.352 e. The Morgan fingerprint density at radius 3 is 3.25 bits per heavy atom. The summed E-state index contributed by atoms with van der Waals surface area (Å²) < 4.78 is 0. The number of nitrogens with one attached hydrogen (secondary N) is 2. The number of anilines is 1. The molecule has 1 aliphatic rings. The Morgan fingerprint density at radius 1 is 1.75 bits per heavy atom. The number of rotatable bonds is 2. The molecule has 2 rings (SSSR count). The SMILES string of the molecule is Cc1cnc(NC2CCSC2)[nH]1. The summed E-state index contributed by atoms with van der Waals surface area (Å²) in [4.78, 5) is 7.37. The molecule has 0 amide bonds. The molecule has 1 atom stereocenters. The average molecular weight is 183 g/mol. The molecule has 2 N–H and O–H groups in total. The molecule has 1 saturated heterocycles. The second-order valence-electron chi connectivity index (χ2n) is 3.12. The molecule has 0 bridgehead atoms. The molecule has 66 valence electrons. The Labute approximate surface area is 76.4 Å². The smallest absolute Gasteiger partial charge is 0.200 e. The minimum atomic E-state index is 0.612. The van der Waals surface area contributed by atoms with Crippen molar-refractivity contribution in [1.29, 1.82) is 0 Å². The van der Waals surface area contributed by atoms with Gasteiger partial charge in [-0.15, -0.1) is 0 Å². The number of H-pyrrole nitrogens is 1. The van der Waals surface area contributed by atoms with Crippen molar-refractivity contribution in [3.05, 3.63) is 11.9 Å². The van der Waals surface area contributed by atoms with Gasteiger partial charge in [-0.2, -0.15) is 11.8 Å². The molecule has 12 heavy (non-hydrogen) atoms. The van der Waals surface area contributed by atoms with E-state index in [4.69, 9.17) is 0 Å². The molecule has 1 unspecified atom stereocenters. The van der Waals surface area contributed by atoms with Crippen molar-refractivity contribution >= 4 is 17.7 Å². The first-order valence-corrected chi connectivity index (χ1v) is 5.36. The predicted octanol–water partition coefficient (Wildman–Crippen LogP) is 1.64. The first-order chi connectivity index (χ1) is 5.84. The maximum absolute atomic E-state index is 4.20. The molecule has 0 radical (unpaired) electrons. The number of hydrogen-bond donors (Lipinski definition) is 2. The number of aromatic amines is 1. The quantitative estimate of drug-likeness (QED) is 0.732. The van der Waals surface area contributed by atoms with Gasteiger partial charge in [-0.1, -0.05) is 0 Å². The summed E-state index contributed by atoms with van der Waals surface area (Å²) >= 11 is 2.00. The van der Waals surface area contributed by atoms with Gasteiger partial charge in [0.1, 0.15) is 0 Å². The summed E-state index contributed by atoms with van der Waals surface area (Å²) in [5, 5.41) is 3.37. The first-order valence-electron chi connectivity index (χ1n) is 4.20. The number of aryl methyl sites for hydroxylation is 1. The van der Waals surface area contributed by atoms with E-state index in [9.17, 15) is 0 Å². The molecule has 0 saturated carbocycles. The van der Waals surface area contributed by atoms with Crippen LogP contribution in [0.25, 0.3) is 0 Å². The molecule has 0 aliphatic carbocycles. The zero-order valence-electron chi connectivity index (χ0n) is 7.13. The van der Waals surface area contributed by atoms with Crippen molar-refractivity contribution in [1.82, 2.24) is 9.97 Å². The predicted molar refractivity (Wildman–Crippen MR) is 52.7 cm³/mol. The Kier molecular flexibility index (Phi) is 2.26. The summed E-state index contributed by atoms with van der Waals surface area (Å²) in [5.41, 5.74) is 1.11. The van der Waals surface area contributed by atoms with Crippen LogP contribution in [-0.2, 0) is 0 Å². The van der Waals surface area contributed by atoms with Crippen molar-refractivity contribution in [2.24, 2.45) is 0 Å². The maximum atomic E-state index is 4.20. The van der Waals surface area contributed by atoms with Crippen LogP contribution in [0, 0.1) is 6.92 Å². The van der Waals surface area contributed by atoms with Gasteiger partial charge in [0.05, 0.1) is 0 Å². The second kappa shape index (κ2) is 3.39.